The number of carboxylic acid groups (broad SMARTS) is 1. The van der Waals surface area contributed by atoms with Gasteiger partial charge in [-0.05, 0) is 61.5 Å². The van der Waals surface area contributed by atoms with Crippen molar-refractivity contribution in [3.05, 3.63) is 76.7 Å². The van der Waals surface area contributed by atoms with E-state index >= 15 is 0 Å². The Kier molecular flexibility index (Phi) is 7.10. The summed E-state index contributed by atoms with van der Waals surface area (Å²) in [5.41, 5.74) is 2.52. The van der Waals surface area contributed by atoms with Gasteiger partial charge in [0.25, 0.3) is 0 Å². The summed E-state index contributed by atoms with van der Waals surface area (Å²) in [6, 6.07) is 3.69. The molecule has 0 saturated carbocycles. The molecule has 0 saturated heterocycles. The van der Waals surface area contributed by atoms with Crippen molar-refractivity contribution in [3.63, 3.8) is 0 Å². The summed E-state index contributed by atoms with van der Waals surface area (Å²) in [4.78, 5) is 10.9. The van der Waals surface area contributed by atoms with Crippen LogP contribution in [-0.4, -0.2) is 22.0 Å². The minimum Gasteiger partial charge on any atom is -0.478 e. The molecule has 28 heavy (non-hydrogen) atoms. The van der Waals surface area contributed by atoms with Crippen molar-refractivity contribution in [1.29, 1.82) is 0 Å². The summed E-state index contributed by atoms with van der Waals surface area (Å²) in [7, 11) is 0. The van der Waals surface area contributed by atoms with E-state index in [0.29, 0.717) is 5.71 Å². The molecule has 1 aromatic rings. The predicted molar refractivity (Wildman–Crippen MR) is 110 cm³/mol. The molecule has 5 heteroatoms. The van der Waals surface area contributed by atoms with Gasteiger partial charge in [-0.2, -0.15) is 0 Å². The van der Waals surface area contributed by atoms with Gasteiger partial charge in [-0.1, -0.05) is 54.9 Å². The Bertz CT molecular complexity index is 889. The highest BCUT2D eigenvalue weighted by Crippen LogP contribution is 2.29. The fourth-order valence-corrected chi connectivity index (χ4v) is 2.78. The Balaban J connectivity index is 2.30. The average Bonchev–Trinajstić information content (AvgIpc) is 2.64. The van der Waals surface area contributed by atoms with Crippen LogP contribution >= 0.6 is 0 Å². The number of hydrogen-bond acceptors (Lipinski definition) is 3. The van der Waals surface area contributed by atoms with Crippen molar-refractivity contribution in [3.8, 4) is 0 Å². The largest absolute Gasteiger partial charge is 0.478 e. The lowest BCUT2D eigenvalue weighted by Gasteiger charge is -2.22. The maximum atomic E-state index is 14.1. The Morgan fingerprint density at radius 3 is 2.61 bits per heavy atom. The van der Waals surface area contributed by atoms with Crippen LogP contribution in [0.2, 0.25) is 0 Å². The Labute approximate surface area is 165 Å². The molecule has 0 amide bonds. The molecule has 0 aliphatic heterocycles. The average molecular weight is 383 g/mol. The van der Waals surface area contributed by atoms with Crippen LogP contribution in [0.5, 0.6) is 0 Å². The molecule has 2 rings (SSSR count). The fourth-order valence-electron chi connectivity index (χ4n) is 2.78. The van der Waals surface area contributed by atoms with Gasteiger partial charge < -0.3 is 10.3 Å². The molecule has 0 radical (unpaired) electrons. The lowest BCUT2D eigenvalue weighted by molar-refractivity contribution is 0.0696. The van der Waals surface area contributed by atoms with Crippen molar-refractivity contribution in [1.82, 2.24) is 0 Å². The van der Waals surface area contributed by atoms with Crippen molar-refractivity contribution in [2.75, 3.05) is 0 Å². The molecule has 148 valence electrons. The fraction of sp³-hybridized carbons (Fsp3) is 0.304. The zero-order valence-electron chi connectivity index (χ0n) is 16.4. The number of benzene rings is 1. The van der Waals surface area contributed by atoms with Crippen molar-refractivity contribution < 1.29 is 19.5 Å². The summed E-state index contributed by atoms with van der Waals surface area (Å²) >= 11 is 0. The second kappa shape index (κ2) is 9.31. The first-order valence-electron chi connectivity index (χ1n) is 9.17. The number of allylic oxidation sites excluding steroid dienone is 7. The molecule has 0 spiro atoms. The Morgan fingerprint density at radius 2 is 1.96 bits per heavy atom. The summed E-state index contributed by atoms with van der Waals surface area (Å²) in [6.45, 7) is 6.46. The van der Waals surface area contributed by atoms with Crippen LogP contribution < -0.4 is 0 Å². The van der Waals surface area contributed by atoms with E-state index in [4.69, 9.17) is 5.11 Å². The second-order valence-corrected chi connectivity index (χ2v) is 7.75. The first kappa shape index (κ1) is 21.4. The quantitative estimate of drug-likeness (QED) is 0.290. The molecule has 4 nitrogen and oxygen atoms in total. The van der Waals surface area contributed by atoms with E-state index in [1.165, 1.54) is 29.9 Å². The molecule has 1 aliphatic carbocycles. The summed E-state index contributed by atoms with van der Waals surface area (Å²) < 4.78 is 14.1. The van der Waals surface area contributed by atoms with Gasteiger partial charge >= 0.3 is 5.97 Å². The smallest absolute Gasteiger partial charge is 0.335 e. The minimum absolute atomic E-state index is 0.0702. The van der Waals surface area contributed by atoms with E-state index < -0.39 is 11.8 Å². The number of halogens is 1. The lowest BCUT2D eigenvalue weighted by Crippen LogP contribution is -2.10. The van der Waals surface area contributed by atoms with E-state index in [9.17, 15) is 14.4 Å². The monoisotopic (exact) mass is 383 g/mol. The molecule has 0 unspecified atom stereocenters. The van der Waals surface area contributed by atoms with Gasteiger partial charge in [-0.25, -0.2) is 9.18 Å². The van der Waals surface area contributed by atoms with E-state index in [1.54, 1.807) is 0 Å². The topological polar surface area (TPSA) is 69.9 Å². The molecule has 0 atom stereocenters. The number of carboxylic acids is 1. The van der Waals surface area contributed by atoms with E-state index in [0.717, 1.165) is 30.9 Å². The number of hydrogen-bond donors (Lipinski definition) is 2. The first-order valence-corrected chi connectivity index (χ1v) is 9.17. The number of carbonyl (C=O) groups is 1. The van der Waals surface area contributed by atoms with Gasteiger partial charge in [0.15, 0.2) is 0 Å². The van der Waals surface area contributed by atoms with Crippen LogP contribution in [0.25, 0.3) is 6.08 Å². The molecule has 1 aliphatic rings. The molecule has 0 bridgehead atoms. The number of oxime groups is 1. The zero-order valence-corrected chi connectivity index (χ0v) is 16.4. The Morgan fingerprint density at radius 1 is 1.25 bits per heavy atom. The predicted octanol–water partition coefficient (Wildman–Crippen LogP) is 6.01. The SMILES string of the molecule is C/C1=C/CC(C)(C)C/C=C(C(/C=C/c2ccc(C(=O)O)cc2F)=N/O)\C=C/C1. The van der Waals surface area contributed by atoms with Crippen LogP contribution in [-0.2, 0) is 0 Å². The highest BCUT2D eigenvalue weighted by Gasteiger charge is 2.16. The van der Waals surface area contributed by atoms with Crippen LogP contribution in [0.15, 0.2) is 64.9 Å². The van der Waals surface area contributed by atoms with Gasteiger partial charge in [0.1, 0.15) is 11.5 Å². The minimum atomic E-state index is -1.18. The van der Waals surface area contributed by atoms with Gasteiger partial charge in [-0.15, -0.1) is 0 Å². The van der Waals surface area contributed by atoms with Crippen LogP contribution in [0, 0.1) is 11.2 Å². The van der Waals surface area contributed by atoms with Crippen LogP contribution in [0.1, 0.15) is 56.0 Å². The van der Waals surface area contributed by atoms with Crippen LogP contribution in [0.3, 0.4) is 0 Å². The third-order valence-corrected chi connectivity index (χ3v) is 4.69. The Hall–Kier alpha value is -2.95. The van der Waals surface area contributed by atoms with Gasteiger partial charge in [0.05, 0.1) is 5.56 Å². The van der Waals surface area contributed by atoms with Gasteiger partial charge in [0, 0.05) is 5.56 Å². The maximum absolute atomic E-state index is 14.1. The number of rotatable bonds is 4. The van der Waals surface area contributed by atoms with Gasteiger partial charge in [0.2, 0.25) is 0 Å². The van der Waals surface area contributed by atoms with Crippen LogP contribution in [0.4, 0.5) is 4.39 Å². The highest BCUT2D eigenvalue weighted by atomic mass is 19.1. The normalized spacial score (nSPS) is 22.8. The van der Waals surface area contributed by atoms with Crippen molar-refractivity contribution in [2.45, 2.75) is 40.0 Å². The first-order chi connectivity index (χ1) is 13.2. The summed E-state index contributed by atoms with van der Waals surface area (Å²) in [6.07, 6.45) is 13.8. The molecule has 2 N–H and O–H groups in total. The zero-order chi connectivity index (χ0) is 20.7. The molecule has 0 heterocycles. The lowest BCUT2D eigenvalue weighted by atomic mass is 9.83. The third kappa shape index (κ3) is 6.05. The molecule has 0 aromatic heterocycles. The van der Waals surface area contributed by atoms with Gasteiger partial charge in [-0.3, -0.25) is 0 Å². The van der Waals surface area contributed by atoms with Crippen molar-refractivity contribution >= 4 is 17.8 Å². The maximum Gasteiger partial charge on any atom is 0.335 e. The van der Waals surface area contributed by atoms with E-state index in [2.05, 4.69) is 32.0 Å². The third-order valence-electron chi connectivity index (χ3n) is 4.69. The second-order valence-electron chi connectivity index (χ2n) is 7.75. The molecule has 1 aromatic carbocycles. The number of nitrogens with zero attached hydrogens (tertiary/aromatic N) is 1. The molecular formula is C23H26FNO3. The van der Waals surface area contributed by atoms with Crippen molar-refractivity contribution in [2.24, 2.45) is 10.6 Å². The standard InChI is InChI=1S/C23H26FNO3/c1-16-5-4-6-18(12-14-23(2,3)13-11-16)21(25-28)10-9-17-7-8-19(22(26)27)15-20(17)24/h4,6-12,15,28H,5,13-14H2,1-3H3,(H,26,27)/b6-4-,10-9+,16-11-,18-12+,25-21+. The molecular weight excluding hydrogens is 357 g/mol. The molecule has 0 fully saturated rings. The van der Waals surface area contributed by atoms with E-state index in [1.807, 2.05) is 18.2 Å². The van der Waals surface area contributed by atoms with E-state index in [-0.39, 0.29) is 16.5 Å². The highest BCUT2D eigenvalue weighted by molar-refractivity contribution is 6.12. The number of aromatic carboxylic acids is 1. The summed E-state index contributed by atoms with van der Waals surface area (Å²) in [5, 5.41) is 21.8. The summed E-state index contributed by atoms with van der Waals surface area (Å²) in [5.74, 6) is -1.83.